The first-order valence-electron chi connectivity index (χ1n) is 8.14. The lowest BCUT2D eigenvalue weighted by Crippen LogP contribution is -2.11. The van der Waals surface area contributed by atoms with Crippen molar-refractivity contribution in [2.45, 2.75) is 32.3 Å². The molecule has 0 fully saturated rings. The fourth-order valence-electron chi connectivity index (χ4n) is 3.04. The molecule has 26 heavy (non-hydrogen) atoms. The molecular formula is C17H14ClFN4O2S. The van der Waals surface area contributed by atoms with Crippen molar-refractivity contribution in [1.82, 2.24) is 19.4 Å². The summed E-state index contributed by atoms with van der Waals surface area (Å²) in [5, 5.41) is 8.30. The number of esters is 1. The summed E-state index contributed by atoms with van der Waals surface area (Å²) in [5.41, 5.74) is 3.31. The number of halogens is 2. The number of ether oxygens (including phenoxy) is 1. The monoisotopic (exact) mass is 392 g/mol. The fourth-order valence-corrected chi connectivity index (χ4v) is 3.65. The zero-order chi connectivity index (χ0) is 18.1. The second kappa shape index (κ2) is 7.13. The summed E-state index contributed by atoms with van der Waals surface area (Å²) in [6.07, 6.45) is 3.59. The number of nitrogens with zero attached hydrogens (tertiary/aromatic N) is 4. The van der Waals surface area contributed by atoms with Crippen LogP contribution in [-0.2, 0) is 24.2 Å². The third kappa shape index (κ3) is 3.22. The largest absolute Gasteiger partial charge is 0.454 e. The lowest BCUT2D eigenvalue weighted by molar-refractivity contribution is 0.0459. The Morgan fingerprint density at radius 2 is 2.04 bits per heavy atom. The predicted molar refractivity (Wildman–Crippen MR) is 94.2 cm³/mol. The molecule has 4 rings (SSSR count). The van der Waals surface area contributed by atoms with Crippen molar-refractivity contribution in [3.05, 3.63) is 57.1 Å². The standard InChI is InChI=1S/C17H14ClFN4O2S/c18-16-13(20-22-26-16)9-25-17(24)15-12-3-1-2-4-14(12)23(21-15)11-7-5-10(19)6-8-11/h5-8H,1-4,9H2. The van der Waals surface area contributed by atoms with Gasteiger partial charge in [-0.05, 0) is 49.9 Å². The molecule has 2 aromatic heterocycles. The minimum absolute atomic E-state index is 0.0493. The molecule has 6 nitrogen and oxygen atoms in total. The first-order chi connectivity index (χ1) is 12.6. The Morgan fingerprint density at radius 3 is 2.77 bits per heavy atom. The minimum Gasteiger partial charge on any atom is -0.454 e. The van der Waals surface area contributed by atoms with Gasteiger partial charge in [0.05, 0.1) is 5.69 Å². The maximum atomic E-state index is 13.2. The van der Waals surface area contributed by atoms with Gasteiger partial charge in [0.15, 0.2) is 5.69 Å². The lowest BCUT2D eigenvalue weighted by Gasteiger charge is -2.14. The van der Waals surface area contributed by atoms with E-state index in [0.29, 0.717) is 15.7 Å². The number of hydrogen-bond acceptors (Lipinski definition) is 6. The predicted octanol–water partition coefficient (Wildman–Crippen LogP) is 3.75. The van der Waals surface area contributed by atoms with Crippen LogP contribution in [0.1, 0.15) is 40.3 Å². The lowest BCUT2D eigenvalue weighted by atomic mass is 9.95. The Hall–Kier alpha value is -2.32. The smallest absolute Gasteiger partial charge is 0.359 e. The van der Waals surface area contributed by atoms with E-state index in [1.807, 2.05) is 0 Å². The Balaban J connectivity index is 1.64. The van der Waals surface area contributed by atoms with Crippen molar-refractivity contribution in [2.24, 2.45) is 0 Å². The number of hydrogen-bond donors (Lipinski definition) is 0. The second-order valence-electron chi connectivity index (χ2n) is 5.94. The van der Waals surface area contributed by atoms with Gasteiger partial charge in [0, 0.05) is 22.8 Å². The van der Waals surface area contributed by atoms with E-state index >= 15 is 0 Å². The van der Waals surface area contributed by atoms with E-state index in [4.69, 9.17) is 16.3 Å². The molecule has 134 valence electrons. The van der Waals surface area contributed by atoms with Gasteiger partial charge < -0.3 is 4.74 Å². The maximum absolute atomic E-state index is 13.2. The number of carbonyl (C=O) groups is 1. The van der Waals surface area contributed by atoms with Gasteiger partial charge in [0.2, 0.25) is 0 Å². The van der Waals surface area contributed by atoms with Crippen LogP contribution in [0.5, 0.6) is 0 Å². The van der Waals surface area contributed by atoms with Gasteiger partial charge in [0.1, 0.15) is 22.5 Å². The molecule has 0 bridgehead atoms. The molecule has 0 radical (unpaired) electrons. The molecular weight excluding hydrogens is 379 g/mol. The molecule has 0 N–H and O–H groups in total. The van der Waals surface area contributed by atoms with E-state index in [1.54, 1.807) is 16.8 Å². The Labute approximate surface area is 157 Å². The zero-order valence-corrected chi connectivity index (χ0v) is 15.2. The highest BCUT2D eigenvalue weighted by Crippen LogP contribution is 2.28. The van der Waals surface area contributed by atoms with E-state index in [2.05, 4.69) is 14.7 Å². The van der Waals surface area contributed by atoms with Crippen LogP contribution in [0, 0.1) is 5.82 Å². The molecule has 0 spiro atoms. The van der Waals surface area contributed by atoms with E-state index in [1.165, 1.54) is 12.1 Å². The molecule has 9 heteroatoms. The van der Waals surface area contributed by atoms with E-state index in [0.717, 1.165) is 54.2 Å². The molecule has 0 aliphatic heterocycles. The van der Waals surface area contributed by atoms with Crippen LogP contribution >= 0.6 is 23.1 Å². The molecule has 0 saturated carbocycles. The molecule has 0 unspecified atom stereocenters. The quantitative estimate of drug-likeness (QED) is 0.632. The highest BCUT2D eigenvalue weighted by molar-refractivity contribution is 7.10. The molecule has 3 aromatic rings. The van der Waals surface area contributed by atoms with Crippen molar-refractivity contribution in [3.8, 4) is 5.69 Å². The highest BCUT2D eigenvalue weighted by Gasteiger charge is 2.27. The van der Waals surface area contributed by atoms with Crippen LogP contribution < -0.4 is 0 Å². The molecule has 1 aliphatic rings. The number of rotatable bonds is 4. The average molecular weight is 393 g/mol. The van der Waals surface area contributed by atoms with Crippen LogP contribution in [-0.4, -0.2) is 25.3 Å². The molecule has 0 saturated heterocycles. The number of fused-ring (bicyclic) bond motifs is 1. The minimum atomic E-state index is -0.520. The summed E-state index contributed by atoms with van der Waals surface area (Å²) in [6.45, 7) is -0.0493. The summed E-state index contributed by atoms with van der Waals surface area (Å²) >= 11 is 6.97. The second-order valence-corrected chi connectivity index (χ2v) is 7.29. The zero-order valence-electron chi connectivity index (χ0n) is 13.6. The van der Waals surface area contributed by atoms with Gasteiger partial charge in [-0.15, -0.1) is 5.10 Å². The Kier molecular flexibility index (Phi) is 4.69. The number of carbonyl (C=O) groups excluding carboxylic acids is 1. The van der Waals surface area contributed by atoms with Crippen molar-refractivity contribution in [2.75, 3.05) is 0 Å². The third-order valence-electron chi connectivity index (χ3n) is 4.29. The normalized spacial score (nSPS) is 13.5. The molecule has 0 atom stereocenters. The van der Waals surface area contributed by atoms with Gasteiger partial charge in [-0.25, -0.2) is 13.9 Å². The first kappa shape index (κ1) is 17.1. The maximum Gasteiger partial charge on any atom is 0.359 e. The molecule has 2 heterocycles. The van der Waals surface area contributed by atoms with E-state index in [9.17, 15) is 9.18 Å². The van der Waals surface area contributed by atoms with Crippen LogP contribution in [0.25, 0.3) is 5.69 Å². The van der Waals surface area contributed by atoms with Gasteiger partial charge >= 0.3 is 5.97 Å². The third-order valence-corrected chi connectivity index (χ3v) is 5.28. The van der Waals surface area contributed by atoms with Crippen LogP contribution in [0.15, 0.2) is 24.3 Å². The fraction of sp³-hybridized carbons (Fsp3) is 0.294. The number of aromatic nitrogens is 4. The SMILES string of the molecule is O=C(OCc1nnsc1Cl)c1nn(-c2ccc(F)cc2)c2c1CCCC2. The van der Waals surface area contributed by atoms with Gasteiger partial charge in [0.25, 0.3) is 0 Å². The van der Waals surface area contributed by atoms with Gasteiger partial charge in [-0.2, -0.15) is 5.10 Å². The van der Waals surface area contributed by atoms with Crippen LogP contribution in [0.3, 0.4) is 0 Å². The van der Waals surface area contributed by atoms with Crippen LogP contribution in [0.2, 0.25) is 4.34 Å². The van der Waals surface area contributed by atoms with Gasteiger partial charge in [-0.3, -0.25) is 0 Å². The Morgan fingerprint density at radius 1 is 1.27 bits per heavy atom. The topological polar surface area (TPSA) is 69.9 Å². The average Bonchev–Trinajstić information content (AvgIpc) is 3.24. The summed E-state index contributed by atoms with van der Waals surface area (Å²) in [4.78, 5) is 12.6. The van der Waals surface area contributed by atoms with Crippen molar-refractivity contribution >= 4 is 29.1 Å². The van der Waals surface area contributed by atoms with Crippen molar-refractivity contribution in [1.29, 1.82) is 0 Å². The number of benzene rings is 1. The van der Waals surface area contributed by atoms with E-state index < -0.39 is 5.97 Å². The summed E-state index contributed by atoms with van der Waals surface area (Å²) in [6, 6.07) is 6.04. The van der Waals surface area contributed by atoms with E-state index in [-0.39, 0.29) is 12.4 Å². The Bertz CT molecular complexity index is 954. The molecule has 1 aliphatic carbocycles. The van der Waals surface area contributed by atoms with Crippen LogP contribution in [0.4, 0.5) is 4.39 Å². The van der Waals surface area contributed by atoms with Crippen molar-refractivity contribution < 1.29 is 13.9 Å². The van der Waals surface area contributed by atoms with Gasteiger partial charge in [-0.1, -0.05) is 16.1 Å². The summed E-state index contributed by atoms with van der Waals surface area (Å²) in [7, 11) is 0. The molecule has 1 aromatic carbocycles. The highest BCUT2D eigenvalue weighted by atomic mass is 35.5. The first-order valence-corrected chi connectivity index (χ1v) is 9.29. The molecule has 0 amide bonds. The summed E-state index contributed by atoms with van der Waals surface area (Å²) in [5.74, 6) is -0.837. The summed E-state index contributed by atoms with van der Waals surface area (Å²) < 4.78 is 24.4. The van der Waals surface area contributed by atoms with Crippen molar-refractivity contribution in [3.63, 3.8) is 0 Å².